The molecule has 3 nitrogen and oxygen atoms in total. The predicted molar refractivity (Wildman–Crippen MR) is 106 cm³/mol. The molecule has 4 heteroatoms. The van der Waals surface area contributed by atoms with E-state index in [9.17, 15) is 0 Å². The van der Waals surface area contributed by atoms with Crippen molar-refractivity contribution in [2.45, 2.75) is 78.2 Å². The van der Waals surface area contributed by atoms with Gasteiger partial charge in [0, 0.05) is 16.8 Å². The maximum atomic E-state index is 4.84. The molecule has 1 aliphatic heterocycles. The zero-order valence-electron chi connectivity index (χ0n) is 16.0. The summed E-state index contributed by atoms with van der Waals surface area (Å²) in [6.07, 6.45) is 9.48. The van der Waals surface area contributed by atoms with Crippen LogP contribution in [0.3, 0.4) is 0 Å². The van der Waals surface area contributed by atoms with Gasteiger partial charge >= 0.3 is 0 Å². The third-order valence-electron chi connectivity index (χ3n) is 6.19. The van der Waals surface area contributed by atoms with E-state index < -0.39 is 0 Å². The molecule has 0 radical (unpaired) electrons. The number of piperidine rings is 1. The molecule has 25 heavy (non-hydrogen) atoms. The number of fused-ring (bicyclic) bond motifs is 1. The Kier molecular flexibility index (Phi) is 4.85. The smallest absolute Gasteiger partial charge is 0.127 e. The van der Waals surface area contributed by atoms with Gasteiger partial charge in [0.1, 0.15) is 10.7 Å². The Morgan fingerprint density at radius 3 is 2.56 bits per heavy atom. The van der Waals surface area contributed by atoms with E-state index >= 15 is 0 Å². The van der Waals surface area contributed by atoms with Crippen LogP contribution in [0.5, 0.6) is 0 Å². The third-order valence-corrected chi connectivity index (χ3v) is 7.38. The van der Waals surface area contributed by atoms with E-state index in [0.29, 0.717) is 5.41 Å². The number of nitrogens with zero attached hydrogens (tertiary/aromatic N) is 3. The van der Waals surface area contributed by atoms with Gasteiger partial charge in [-0.3, -0.25) is 4.90 Å². The van der Waals surface area contributed by atoms with Crippen LogP contribution >= 0.6 is 11.3 Å². The topological polar surface area (TPSA) is 29.0 Å². The van der Waals surface area contributed by atoms with Crippen LogP contribution in [-0.2, 0) is 6.54 Å². The van der Waals surface area contributed by atoms with Crippen molar-refractivity contribution >= 4 is 21.6 Å². The molecule has 0 bridgehead atoms. The second-order valence-corrected chi connectivity index (χ2v) is 9.92. The normalized spacial score (nSPS) is 22.5. The van der Waals surface area contributed by atoms with E-state index in [4.69, 9.17) is 9.97 Å². The maximum absolute atomic E-state index is 4.84. The van der Waals surface area contributed by atoms with E-state index in [2.05, 4.69) is 24.8 Å². The van der Waals surface area contributed by atoms with Gasteiger partial charge in [-0.15, -0.1) is 11.3 Å². The molecule has 0 aromatic carbocycles. The lowest BCUT2D eigenvalue weighted by atomic mass is 9.82. The standard InChI is InChI=1S/C21H31N3S/c1-15-22-18(14-24-11-9-21(2,3)10-12-24)17-13-19(25-20(17)23-15)16-7-5-4-6-8-16/h13,16H,4-12,14H2,1-3H3. The zero-order valence-corrected chi connectivity index (χ0v) is 16.8. The van der Waals surface area contributed by atoms with Crippen molar-refractivity contribution in [2.24, 2.45) is 5.41 Å². The van der Waals surface area contributed by atoms with E-state index in [-0.39, 0.29) is 0 Å². The summed E-state index contributed by atoms with van der Waals surface area (Å²) in [5, 5.41) is 1.32. The van der Waals surface area contributed by atoms with Crippen LogP contribution in [0.2, 0.25) is 0 Å². The Hall–Kier alpha value is -1.00. The Morgan fingerprint density at radius 1 is 1.12 bits per heavy atom. The lowest BCUT2D eigenvalue weighted by molar-refractivity contribution is 0.126. The van der Waals surface area contributed by atoms with E-state index in [1.54, 1.807) is 4.88 Å². The minimum absolute atomic E-state index is 0.504. The minimum atomic E-state index is 0.504. The molecule has 136 valence electrons. The van der Waals surface area contributed by atoms with Crippen molar-refractivity contribution in [3.8, 4) is 0 Å². The molecule has 0 atom stereocenters. The minimum Gasteiger partial charge on any atom is -0.297 e. The average Bonchev–Trinajstić information content (AvgIpc) is 3.02. The molecule has 3 heterocycles. The van der Waals surface area contributed by atoms with Crippen molar-refractivity contribution < 1.29 is 0 Å². The summed E-state index contributed by atoms with van der Waals surface area (Å²) in [6.45, 7) is 10.2. The largest absolute Gasteiger partial charge is 0.297 e. The molecule has 1 saturated heterocycles. The maximum Gasteiger partial charge on any atom is 0.127 e. The first-order valence-electron chi connectivity index (χ1n) is 9.99. The molecule has 1 aliphatic carbocycles. The number of rotatable bonds is 3. The summed E-state index contributed by atoms with van der Waals surface area (Å²) >= 11 is 1.92. The molecule has 4 rings (SSSR count). The molecule has 2 aliphatic rings. The fraction of sp³-hybridized carbons (Fsp3) is 0.714. The number of likely N-dealkylation sites (tertiary alicyclic amines) is 1. The first-order valence-corrected chi connectivity index (χ1v) is 10.8. The monoisotopic (exact) mass is 357 g/mol. The van der Waals surface area contributed by atoms with Gasteiger partial charge in [0.05, 0.1) is 5.69 Å². The second-order valence-electron chi connectivity index (χ2n) is 8.86. The van der Waals surface area contributed by atoms with Gasteiger partial charge in [-0.1, -0.05) is 33.1 Å². The lowest BCUT2D eigenvalue weighted by Crippen LogP contribution is -2.37. The SMILES string of the molecule is Cc1nc(CN2CCC(C)(C)CC2)c2cc(C3CCCCC3)sc2n1. The van der Waals surface area contributed by atoms with Gasteiger partial charge in [0.25, 0.3) is 0 Å². The van der Waals surface area contributed by atoms with Gasteiger partial charge in [-0.2, -0.15) is 0 Å². The molecule has 2 aromatic rings. The highest BCUT2D eigenvalue weighted by Crippen LogP contribution is 2.39. The molecule has 0 N–H and O–H groups in total. The summed E-state index contributed by atoms with van der Waals surface area (Å²) in [5.74, 6) is 1.69. The fourth-order valence-corrected chi connectivity index (χ4v) is 5.62. The average molecular weight is 358 g/mol. The lowest BCUT2D eigenvalue weighted by Gasteiger charge is -2.36. The van der Waals surface area contributed by atoms with Crippen LogP contribution in [0.15, 0.2) is 6.07 Å². The van der Waals surface area contributed by atoms with Gasteiger partial charge in [0.2, 0.25) is 0 Å². The van der Waals surface area contributed by atoms with Crippen molar-refractivity contribution in [3.05, 3.63) is 22.5 Å². The van der Waals surface area contributed by atoms with Crippen LogP contribution < -0.4 is 0 Å². The summed E-state index contributed by atoms with van der Waals surface area (Å²) in [6, 6.07) is 2.43. The van der Waals surface area contributed by atoms with Gasteiger partial charge in [-0.05, 0) is 63.1 Å². The number of hydrogen-bond donors (Lipinski definition) is 0. The Labute approximate surface area is 155 Å². The Morgan fingerprint density at radius 2 is 1.84 bits per heavy atom. The first-order chi connectivity index (χ1) is 12.0. The highest BCUT2D eigenvalue weighted by atomic mass is 32.1. The molecular weight excluding hydrogens is 326 g/mol. The van der Waals surface area contributed by atoms with E-state index in [0.717, 1.165) is 18.3 Å². The highest BCUT2D eigenvalue weighted by molar-refractivity contribution is 7.18. The first kappa shape index (κ1) is 17.4. The summed E-state index contributed by atoms with van der Waals surface area (Å²) in [5.41, 5.74) is 1.75. The van der Waals surface area contributed by atoms with E-state index in [1.165, 1.54) is 73.9 Å². The Balaban J connectivity index is 1.58. The van der Waals surface area contributed by atoms with Crippen LogP contribution in [-0.4, -0.2) is 28.0 Å². The number of aromatic nitrogens is 2. The van der Waals surface area contributed by atoms with Crippen molar-refractivity contribution in [2.75, 3.05) is 13.1 Å². The van der Waals surface area contributed by atoms with Gasteiger partial charge in [0.15, 0.2) is 0 Å². The second kappa shape index (κ2) is 6.96. The number of thiophene rings is 1. The molecule has 2 fully saturated rings. The van der Waals surface area contributed by atoms with Crippen LogP contribution in [0.1, 0.15) is 81.1 Å². The highest BCUT2D eigenvalue weighted by Gasteiger charge is 2.26. The molecule has 0 amide bonds. The van der Waals surface area contributed by atoms with Gasteiger partial charge < -0.3 is 0 Å². The van der Waals surface area contributed by atoms with Crippen LogP contribution in [0.25, 0.3) is 10.2 Å². The Bertz CT molecular complexity index is 733. The summed E-state index contributed by atoms with van der Waals surface area (Å²) < 4.78 is 0. The number of hydrogen-bond acceptors (Lipinski definition) is 4. The summed E-state index contributed by atoms with van der Waals surface area (Å²) in [7, 11) is 0. The number of aryl methyl sites for hydroxylation is 1. The fourth-order valence-electron chi connectivity index (χ4n) is 4.35. The third kappa shape index (κ3) is 3.90. The quantitative estimate of drug-likeness (QED) is 0.709. The molecule has 2 aromatic heterocycles. The molecule has 0 unspecified atom stereocenters. The van der Waals surface area contributed by atoms with Crippen LogP contribution in [0.4, 0.5) is 0 Å². The summed E-state index contributed by atoms with van der Waals surface area (Å²) in [4.78, 5) is 14.9. The van der Waals surface area contributed by atoms with Crippen LogP contribution in [0, 0.1) is 12.3 Å². The van der Waals surface area contributed by atoms with Crippen molar-refractivity contribution in [1.29, 1.82) is 0 Å². The predicted octanol–water partition coefficient (Wildman–Crippen LogP) is 5.67. The van der Waals surface area contributed by atoms with Gasteiger partial charge in [-0.25, -0.2) is 9.97 Å². The van der Waals surface area contributed by atoms with Crippen molar-refractivity contribution in [3.63, 3.8) is 0 Å². The van der Waals surface area contributed by atoms with Crippen molar-refractivity contribution in [1.82, 2.24) is 14.9 Å². The molecular formula is C21H31N3S. The van der Waals surface area contributed by atoms with E-state index in [1.807, 2.05) is 18.3 Å². The molecule has 1 saturated carbocycles. The molecule has 0 spiro atoms. The zero-order chi connectivity index (χ0) is 17.4.